The number of carboxylic acid groups (broad SMARTS) is 1. The number of carbonyl (C=O) groups is 2. The van der Waals surface area contributed by atoms with Gasteiger partial charge in [-0.2, -0.15) is 0 Å². The highest BCUT2D eigenvalue weighted by Crippen LogP contribution is 2.13. The SMILES string of the molecule is Cc1cc(F)cc(NC(=O)CCC(=O)O)c1. The molecule has 0 saturated carbocycles. The highest BCUT2D eigenvalue weighted by Gasteiger charge is 2.06. The van der Waals surface area contributed by atoms with E-state index in [1.54, 1.807) is 13.0 Å². The Morgan fingerprint density at radius 3 is 2.56 bits per heavy atom. The normalized spacial score (nSPS) is 9.88. The Morgan fingerprint density at radius 2 is 2.00 bits per heavy atom. The zero-order chi connectivity index (χ0) is 12.1. The van der Waals surface area contributed by atoms with E-state index in [0.717, 1.165) is 0 Å². The maximum atomic E-state index is 12.9. The van der Waals surface area contributed by atoms with E-state index in [0.29, 0.717) is 11.3 Å². The van der Waals surface area contributed by atoms with E-state index in [1.165, 1.54) is 12.1 Å². The van der Waals surface area contributed by atoms with Crippen LogP contribution < -0.4 is 5.32 Å². The summed E-state index contributed by atoms with van der Waals surface area (Å²) in [6.45, 7) is 1.70. The van der Waals surface area contributed by atoms with E-state index >= 15 is 0 Å². The number of carboxylic acids is 1. The van der Waals surface area contributed by atoms with Crippen molar-refractivity contribution < 1.29 is 19.1 Å². The quantitative estimate of drug-likeness (QED) is 0.822. The smallest absolute Gasteiger partial charge is 0.303 e. The topological polar surface area (TPSA) is 66.4 Å². The molecule has 0 aromatic heterocycles. The van der Waals surface area contributed by atoms with Crippen molar-refractivity contribution in [1.29, 1.82) is 0 Å². The zero-order valence-electron chi connectivity index (χ0n) is 8.79. The number of benzene rings is 1. The molecule has 1 aromatic rings. The van der Waals surface area contributed by atoms with E-state index in [4.69, 9.17) is 5.11 Å². The van der Waals surface area contributed by atoms with Gasteiger partial charge < -0.3 is 10.4 Å². The number of anilines is 1. The summed E-state index contributed by atoms with van der Waals surface area (Å²) in [7, 11) is 0. The first-order valence-electron chi connectivity index (χ1n) is 4.76. The van der Waals surface area contributed by atoms with Crippen LogP contribution in [0.1, 0.15) is 18.4 Å². The van der Waals surface area contributed by atoms with Crippen LogP contribution in [0.15, 0.2) is 18.2 Å². The van der Waals surface area contributed by atoms with E-state index in [9.17, 15) is 14.0 Å². The third-order valence-corrected chi connectivity index (χ3v) is 1.89. The number of aliphatic carboxylic acids is 1. The van der Waals surface area contributed by atoms with Crippen LogP contribution in [0.5, 0.6) is 0 Å². The Labute approximate surface area is 92.1 Å². The Bertz CT molecular complexity index is 397. The lowest BCUT2D eigenvalue weighted by atomic mass is 10.2. The first-order valence-corrected chi connectivity index (χ1v) is 4.76. The maximum Gasteiger partial charge on any atom is 0.303 e. The molecule has 16 heavy (non-hydrogen) atoms. The molecule has 0 fully saturated rings. The molecule has 0 atom stereocenters. The number of hydrogen-bond donors (Lipinski definition) is 2. The number of rotatable bonds is 4. The number of hydrogen-bond acceptors (Lipinski definition) is 2. The molecule has 1 rings (SSSR count). The third-order valence-electron chi connectivity index (χ3n) is 1.89. The summed E-state index contributed by atoms with van der Waals surface area (Å²) in [6, 6.07) is 4.14. The number of carbonyl (C=O) groups excluding carboxylic acids is 1. The number of halogens is 1. The van der Waals surface area contributed by atoms with Crippen LogP contribution >= 0.6 is 0 Å². The summed E-state index contributed by atoms with van der Waals surface area (Å²) >= 11 is 0. The average Bonchev–Trinajstić information content (AvgIpc) is 2.12. The van der Waals surface area contributed by atoms with Gasteiger partial charge in [-0.05, 0) is 30.7 Å². The molecule has 0 unspecified atom stereocenters. The van der Waals surface area contributed by atoms with Crippen LogP contribution in [0.3, 0.4) is 0 Å². The van der Waals surface area contributed by atoms with Gasteiger partial charge in [-0.25, -0.2) is 4.39 Å². The predicted octanol–water partition coefficient (Wildman–Crippen LogP) is 1.94. The molecule has 0 spiro atoms. The lowest BCUT2D eigenvalue weighted by molar-refractivity contribution is -0.138. The van der Waals surface area contributed by atoms with Crippen LogP contribution in [0, 0.1) is 12.7 Å². The van der Waals surface area contributed by atoms with Gasteiger partial charge in [-0.3, -0.25) is 9.59 Å². The number of nitrogens with one attached hydrogen (secondary N) is 1. The van der Waals surface area contributed by atoms with E-state index in [-0.39, 0.29) is 12.8 Å². The second-order valence-corrected chi connectivity index (χ2v) is 3.46. The lowest BCUT2D eigenvalue weighted by Gasteiger charge is -2.05. The average molecular weight is 225 g/mol. The molecule has 0 radical (unpaired) electrons. The van der Waals surface area contributed by atoms with Crippen molar-refractivity contribution in [3.8, 4) is 0 Å². The van der Waals surface area contributed by atoms with Crippen molar-refractivity contribution in [1.82, 2.24) is 0 Å². The van der Waals surface area contributed by atoms with E-state index < -0.39 is 17.7 Å². The summed E-state index contributed by atoms with van der Waals surface area (Å²) < 4.78 is 12.9. The van der Waals surface area contributed by atoms with Gasteiger partial charge in [0.2, 0.25) is 5.91 Å². The molecule has 1 amide bonds. The number of amides is 1. The van der Waals surface area contributed by atoms with Gasteiger partial charge in [0.1, 0.15) is 5.82 Å². The fourth-order valence-corrected chi connectivity index (χ4v) is 1.25. The summed E-state index contributed by atoms with van der Waals surface area (Å²) in [5.41, 5.74) is 1.03. The Hall–Kier alpha value is -1.91. The molecule has 0 saturated heterocycles. The molecule has 86 valence electrons. The minimum atomic E-state index is -1.04. The van der Waals surface area contributed by atoms with Crippen molar-refractivity contribution in [3.05, 3.63) is 29.6 Å². The van der Waals surface area contributed by atoms with Gasteiger partial charge >= 0.3 is 5.97 Å². The molecule has 2 N–H and O–H groups in total. The molecule has 5 heteroatoms. The van der Waals surface area contributed by atoms with E-state index in [1.807, 2.05) is 0 Å². The van der Waals surface area contributed by atoms with Crippen LogP contribution in [0.4, 0.5) is 10.1 Å². The summed E-state index contributed by atoms with van der Waals surface area (Å²) in [5, 5.41) is 10.8. The maximum absolute atomic E-state index is 12.9. The van der Waals surface area contributed by atoms with Gasteiger partial charge in [0.25, 0.3) is 0 Å². The minimum absolute atomic E-state index is 0.120. The highest BCUT2D eigenvalue weighted by molar-refractivity contribution is 5.92. The van der Waals surface area contributed by atoms with Gasteiger partial charge in [0, 0.05) is 12.1 Å². The van der Waals surface area contributed by atoms with Crippen molar-refractivity contribution in [2.45, 2.75) is 19.8 Å². The third kappa shape index (κ3) is 4.08. The lowest BCUT2D eigenvalue weighted by Crippen LogP contribution is -2.13. The molecular weight excluding hydrogens is 213 g/mol. The molecular formula is C11H12FNO3. The fraction of sp³-hybridized carbons (Fsp3) is 0.273. The van der Waals surface area contributed by atoms with Crippen LogP contribution in [-0.2, 0) is 9.59 Å². The van der Waals surface area contributed by atoms with Crippen molar-refractivity contribution >= 4 is 17.6 Å². The molecule has 1 aromatic carbocycles. The predicted molar refractivity (Wildman–Crippen MR) is 56.6 cm³/mol. The molecule has 0 heterocycles. The molecule has 0 aliphatic heterocycles. The van der Waals surface area contributed by atoms with Crippen molar-refractivity contribution in [2.75, 3.05) is 5.32 Å². The largest absolute Gasteiger partial charge is 0.481 e. The Morgan fingerprint density at radius 1 is 1.31 bits per heavy atom. The summed E-state index contributed by atoms with van der Waals surface area (Å²) in [4.78, 5) is 21.5. The molecule has 4 nitrogen and oxygen atoms in total. The van der Waals surface area contributed by atoms with Crippen LogP contribution in [-0.4, -0.2) is 17.0 Å². The van der Waals surface area contributed by atoms with Gasteiger partial charge in [0.15, 0.2) is 0 Å². The minimum Gasteiger partial charge on any atom is -0.481 e. The second kappa shape index (κ2) is 5.25. The van der Waals surface area contributed by atoms with Crippen molar-refractivity contribution in [2.24, 2.45) is 0 Å². The summed E-state index contributed by atoms with van der Waals surface area (Å²) in [5.74, 6) is -1.91. The van der Waals surface area contributed by atoms with Crippen molar-refractivity contribution in [3.63, 3.8) is 0 Å². The second-order valence-electron chi connectivity index (χ2n) is 3.46. The highest BCUT2D eigenvalue weighted by atomic mass is 19.1. The monoisotopic (exact) mass is 225 g/mol. The van der Waals surface area contributed by atoms with Gasteiger partial charge in [-0.15, -0.1) is 0 Å². The Kier molecular flexibility index (Phi) is 3.99. The first kappa shape index (κ1) is 12.2. The summed E-state index contributed by atoms with van der Waals surface area (Å²) in [6.07, 6.45) is -0.356. The van der Waals surface area contributed by atoms with Crippen LogP contribution in [0.2, 0.25) is 0 Å². The molecule has 0 aliphatic rings. The Balaban J connectivity index is 2.59. The standard InChI is InChI=1S/C11H12FNO3/c1-7-4-8(12)6-9(5-7)13-10(14)2-3-11(15)16/h4-6H,2-3H2,1H3,(H,13,14)(H,15,16). The number of aryl methyl sites for hydroxylation is 1. The van der Waals surface area contributed by atoms with Gasteiger partial charge in [0.05, 0.1) is 6.42 Å². The van der Waals surface area contributed by atoms with E-state index in [2.05, 4.69) is 5.32 Å². The molecule has 0 aliphatic carbocycles. The van der Waals surface area contributed by atoms with Crippen LogP contribution in [0.25, 0.3) is 0 Å². The zero-order valence-corrected chi connectivity index (χ0v) is 8.79. The van der Waals surface area contributed by atoms with Gasteiger partial charge in [-0.1, -0.05) is 0 Å². The fourth-order valence-electron chi connectivity index (χ4n) is 1.25. The first-order chi connectivity index (χ1) is 7.47. The molecule has 0 bridgehead atoms.